The number of nitrogens with one attached hydrogen (secondary N) is 1. The number of methoxy groups -OCH3 is 1. The number of hydrogen-bond acceptors (Lipinski definition) is 5. The van der Waals surface area contributed by atoms with Gasteiger partial charge in [-0.25, -0.2) is 4.99 Å². The minimum absolute atomic E-state index is 0.235. The Labute approximate surface area is 147 Å². The highest BCUT2D eigenvalue weighted by Crippen LogP contribution is 2.38. The van der Waals surface area contributed by atoms with Crippen molar-refractivity contribution in [3.8, 4) is 5.75 Å². The van der Waals surface area contributed by atoms with Gasteiger partial charge in [0.25, 0.3) is 0 Å². The third-order valence-corrected chi connectivity index (χ3v) is 4.19. The zero-order valence-corrected chi connectivity index (χ0v) is 15.4. The van der Waals surface area contributed by atoms with Crippen molar-refractivity contribution in [3.05, 3.63) is 40.1 Å². The molecule has 0 heterocycles. The van der Waals surface area contributed by atoms with Crippen molar-refractivity contribution in [2.24, 2.45) is 4.99 Å². The number of amides is 1. The summed E-state index contributed by atoms with van der Waals surface area (Å²) >= 11 is 0. The van der Waals surface area contributed by atoms with Crippen LogP contribution >= 0.6 is 0 Å². The van der Waals surface area contributed by atoms with Gasteiger partial charge in [-0.1, -0.05) is 0 Å². The van der Waals surface area contributed by atoms with Crippen molar-refractivity contribution < 1.29 is 14.3 Å². The molecule has 0 saturated carbocycles. The molecule has 0 aromatic heterocycles. The first kappa shape index (κ1) is 18.4. The van der Waals surface area contributed by atoms with E-state index in [-0.39, 0.29) is 17.4 Å². The van der Waals surface area contributed by atoms with Crippen LogP contribution in [0.15, 0.2) is 34.0 Å². The summed E-state index contributed by atoms with van der Waals surface area (Å²) in [6.45, 7) is 8.73. The second-order valence-electron chi connectivity index (χ2n) is 6.12. The molecular formula is C19H23N3O3. The Bertz CT molecular complexity index is 861. The standard InChI is InChI=1S/C19H23N3O3/c1-9-7-14(19(25-6)11(3)16(9)20)22-17-10(2)8-15(24)18(12(17)4)21-13(5)23/h7-8H,20H2,1-6H3,(H,21,23). The summed E-state index contributed by atoms with van der Waals surface area (Å²) in [7, 11) is 1.57. The minimum atomic E-state index is -0.299. The van der Waals surface area contributed by atoms with E-state index in [2.05, 4.69) is 5.32 Å². The molecular weight excluding hydrogens is 318 g/mol. The van der Waals surface area contributed by atoms with Crippen LogP contribution in [0.5, 0.6) is 5.75 Å². The number of ether oxygens (including phenoxy) is 1. The fraction of sp³-hybridized carbons (Fsp3) is 0.316. The van der Waals surface area contributed by atoms with Crippen molar-refractivity contribution in [2.45, 2.75) is 34.6 Å². The molecule has 0 bridgehead atoms. The molecule has 1 aromatic rings. The first-order valence-electron chi connectivity index (χ1n) is 7.91. The highest BCUT2D eigenvalue weighted by Gasteiger charge is 2.23. The Kier molecular flexibility index (Phi) is 5.11. The van der Waals surface area contributed by atoms with Crippen LogP contribution in [-0.4, -0.2) is 24.5 Å². The Hall–Kier alpha value is -2.89. The highest BCUT2D eigenvalue weighted by atomic mass is 16.5. The number of hydrogen-bond donors (Lipinski definition) is 2. The predicted molar refractivity (Wildman–Crippen MR) is 99.3 cm³/mol. The highest BCUT2D eigenvalue weighted by molar-refractivity contribution is 6.25. The molecule has 25 heavy (non-hydrogen) atoms. The number of nitrogens with zero attached hydrogens (tertiary/aromatic N) is 1. The maximum atomic E-state index is 12.2. The predicted octanol–water partition coefficient (Wildman–Crippen LogP) is 2.91. The largest absolute Gasteiger partial charge is 0.494 e. The average molecular weight is 341 g/mol. The van der Waals surface area contributed by atoms with Gasteiger partial charge in [0.1, 0.15) is 11.4 Å². The van der Waals surface area contributed by atoms with E-state index in [1.54, 1.807) is 14.0 Å². The molecule has 0 radical (unpaired) electrons. The van der Waals surface area contributed by atoms with Gasteiger partial charge in [-0.3, -0.25) is 9.59 Å². The zero-order chi connectivity index (χ0) is 18.9. The number of carbonyl (C=O) groups is 2. The van der Waals surface area contributed by atoms with Crippen molar-refractivity contribution in [1.29, 1.82) is 0 Å². The van der Waals surface area contributed by atoms with Gasteiger partial charge in [0.15, 0.2) is 0 Å². The molecule has 0 unspecified atom stereocenters. The Balaban J connectivity index is 2.67. The van der Waals surface area contributed by atoms with E-state index in [1.165, 1.54) is 13.0 Å². The molecule has 0 aliphatic heterocycles. The van der Waals surface area contributed by atoms with Crippen LogP contribution in [0.25, 0.3) is 0 Å². The van der Waals surface area contributed by atoms with Crippen LogP contribution in [-0.2, 0) is 9.59 Å². The number of nitrogens with two attached hydrogens (primary N) is 1. The number of aliphatic imine (C=N–C) groups is 1. The van der Waals surface area contributed by atoms with Gasteiger partial charge in [0.2, 0.25) is 11.7 Å². The van der Waals surface area contributed by atoms with Crippen LogP contribution in [0.1, 0.15) is 31.9 Å². The summed E-state index contributed by atoms with van der Waals surface area (Å²) in [6.07, 6.45) is 1.47. The topological polar surface area (TPSA) is 93.8 Å². The van der Waals surface area contributed by atoms with Gasteiger partial charge in [-0.15, -0.1) is 0 Å². The number of benzene rings is 1. The molecule has 132 valence electrons. The molecule has 6 heteroatoms. The van der Waals surface area contributed by atoms with Crippen LogP contribution in [0, 0.1) is 13.8 Å². The number of aryl methyl sites for hydroxylation is 1. The fourth-order valence-corrected chi connectivity index (χ4v) is 2.86. The van der Waals surface area contributed by atoms with Crippen LogP contribution < -0.4 is 15.8 Å². The van der Waals surface area contributed by atoms with Gasteiger partial charge in [-0.05, 0) is 51.0 Å². The molecule has 1 aromatic carbocycles. The average Bonchev–Trinajstić information content (AvgIpc) is 2.53. The molecule has 1 amide bonds. The molecule has 0 atom stereocenters. The Morgan fingerprint density at radius 1 is 1.24 bits per heavy atom. The summed E-state index contributed by atoms with van der Waals surface area (Å²) in [5.74, 6) is 0.0571. The number of allylic oxidation sites excluding steroid dienone is 3. The van der Waals surface area contributed by atoms with Crippen molar-refractivity contribution >= 4 is 28.8 Å². The summed E-state index contributed by atoms with van der Waals surface area (Å²) in [5.41, 5.74) is 11.3. The first-order valence-corrected chi connectivity index (χ1v) is 7.91. The number of rotatable bonds is 3. The van der Waals surface area contributed by atoms with Gasteiger partial charge in [0, 0.05) is 23.7 Å². The minimum Gasteiger partial charge on any atom is -0.494 e. The lowest BCUT2D eigenvalue weighted by Gasteiger charge is -2.19. The van der Waals surface area contributed by atoms with Crippen molar-refractivity contribution in [3.63, 3.8) is 0 Å². The fourth-order valence-electron chi connectivity index (χ4n) is 2.86. The molecule has 0 saturated heterocycles. The normalized spacial score (nSPS) is 16.2. The molecule has 0 fully saturated rings. The SMILES string of the molecule is COc1c(N=C2C(C)=CC(=O)C(NC(C)=O)=C2C)cc(C)c(N)c1C. The molecule has 0 spiro atoms. The van der Waals surface area contributed by atoms with E-state index < -0.39 is 0 Å². The number of ketones is 1. The third kappa shape index (κ3) is 3.47. The van der Waals surface area contributed by atoms with Gasteiger partial charge >= 0.3 is 0 Å². The Morgan fingerprint density at radius 2 is 1.88 bits per heavy atom. The molecule has 3 N–H and O–H groups in total. The van der Waals surface area contributed by atoms with Gasteiger partial charge < -0.3 is 15.8 Å². The zero-order valence-electron chi connectivity index (χ0n) is 15.4. The molecule has 2 rings (SSSR count). The first-order chi connectivity index (χ1) is 11.7. The second kappa shape index (κ2) is 6.93. The summed E-state index contributed by atoms with van der Waals surface area (Å²) in [4.78, 5) is 28.3. The van der Waals surface area contributed by atoms with Gasteiger partial charge in [-0.2, -0.15) is 0 Å². The van der Waals surface area contributed by atoms with E-state index >= 15 is 0 Å². The maximum absolute atomic E-state index is 12.2. The van der Waals surface area contributed by atoms with Gasteiger partial charge in [0.05, 0.1) is 18.5 Å². The van der Waals surface area contributed by atoms with Crippen LogP contribution in [0.3, 0.4) is 0 Å². The lowest BCUT2D eigenvalue weighted by molar-refractivity contribution is -0.120. The van der Waals surface area contributed by atoms with Crippen molar-refractivity contribution in [1.82, 2.24) is 5.32 Å². The Morgan fingerprint density at radius 3 is 2.44 bits per heavy atom. The lowest BCUT2D eigenvalue weighted by atomic mass is 9.94. The number of nitrogen functional groups attached to an aromatic ring is 1. The summed E-state index contributed by atoms with van der Waals surface area (Å²) < 4.78 is 5.48. The number of anilines is 1. The molecule has 6 nitrogen and oxygen atoms in total. The van der Waals surface area contributed by atoms with E-state index in [1.807, 2.05) is 26.8 Å². The van der Waals surface area contributed by atoms with E-state index in [0.29, 0.717) is 28.4 Å². The van der Waals surface area contributed by atoms with E-state index in [9.17, 15) is 9.59 Å². The second-order valence-corrected chi connectivity index (χ2v) is 6.12. The maximum Gasteiger partial charge on any atom is 0.221 e. The summed E-state index contributed by atoms with van der Waals surface area (Å²) in [5, 5.41) is 2.59. The van der Waals surface area contributed by atoms with E-state index in [4.69, 9.17) is 15.5 Å². The van der Waals surface area contributed by atoms with Crippen LogP contribution in [0.4, 0.5) is 11.4 Å². The molecule has 1 aliphatic carbocycles. The van der Waals surface area contributed by atoms with E-state index in [0.717, 1.165) is 16.7 Å². The third-order valence-electron chi connectivity index (χ3n) is 4.19. The lowest BCUT2D eigenvalue weighted by Crippen LogP contribution is -2.30. The smallest absolute Gasteiger partial charge is 0.221 e. The van der Waals surface area contributed by atoms with Crippen molar-refractivity contribution in [2.75, 3.05) is 12.8 Å². The quantitative estimate of drug-likeness (QED) is 0.653. The molecule has 1 aliphatic rings. The number of carbonyl (C=O) groups excluding carboxylic acids is 2. The monoisotopic (exact) mass is 341 g/mol. The van der Waals surface area contributed by atoms with Crippen LogP contribution in [0.2, 0.25) is 0 Å². The summed E-state index contributed by atoms with van der Waals surface area (Å²) in [6, 6.07) is 1.85.